The van der Waals surface area contributed by atoms with Crippen molar-refractivity contribution in [2.75, 3.05) is 33.7 Å². The van der Waals surface area contributed by atoms with Gasteiger partial charge >= 0.3 is 0 Å². The minimum atomic E-state index is -3.48. The maximum absolute atomic E-state index is 11.5. The molecule has 0 aromatic carbocycles. The Balaban J connectivity index is 1.80. The van der Waals surface area contributed by atoms with Crippen LogP contribution in [0.3, 0.4) is 0 Å². The quantitative estimate of drug-likeness (QED) is 0.806. The second-order valence-corrected chi connectivity index (χ2v) is 7.15. The Kier molecular flexibility index (Phi) is 5.20. The van der Waals surface area contributed by atoms with Crippen molar-refractivity contribution in [1.29, 1.82) is 0 Å². The first-order chi connectivity index (χ1) is 9.51. The van der Waals surface area contributed by atoms with E-state index in [1.807, 2.05) is 0 Å². The molecule has 0 radical (unpaired) electrons. The van der Waals surface area contributed by atoms with Crippen LogP contribution in [0, 0.1) is 5.92 Å². The van der Waals surface area contributed by atoms with Gasteiger partial charge in [0.15, 0.2) is 0 Å². The lowest BCUT2D eigenvalue weighted by Gasteiger charge is -2.29. The molecule has 2 rings (SSSR count). The number of piperidine rings is 1. The molecule has 7 heteroatoms. The maximum Gasteiger partial charge on any atom is 0.273 e. The lowest BCUT2D eigenvalue weighted by Crippen LogP contribution is -2.37. The summed E-state index contributed by atoms with van der Waals surface area (Å²) in [6.45, 7) is 3.78. The van der Waals surface area contributed by atoms with Gasteiger partial charge in [0, 0.05) is 6.54 Å². The summed E-state index contributed by atoms with van der Waals surface area (Å²) in [5, 5.41) is 3.31. The molecule has 0 bridgehead atoms. The third-order valence-electron chi connectivity index (χ3n) is 3.62. The van der Waals surface area contributed by atoms with Gasteiger partial charge in [-0.1, -0.05) is 0 Å². The van der Waals surface area contributed by atoms with E-state index in [-0.39, 0.29) is 5.09 Å². The molecule has 2 N–H and O–H groups in total. The van der Waals surface area contributed by atoms with Crippen LogP contribution < -0.4 is 10.0 Å². The summed E-state index contributed by atoms with van der Waals surface area (Å²) in [6, 6.07) is 3.18. The van der Waals surface area contributed by atoms with Crippen LogP contribution in [0.1, 0.15) is 18.6 Å². The molecule has 1 aromatic rings. The monoisotopic (exact) mass is 301 g/mol. The Morgan fingerprint density at radius 3 is 2.95 bits per heavy atom. The van der Waals surface area contributed by atoms with E-state index in [1.54, 1.807) is 6.07 Å². The van der Waals surface area contributed by atoms with E-state index in [2.05, 4.69) is 22.0 Å². The van der Waals surface area contributed by atoms with Crippen molar-refractivity contribution in [3.63, 3.8) is 0 Å². The molecular weight excluding hydrogens is 278 g/mol. The Morgan fingerprint density at radius 2 is 2.25 bits per heavy atom. The number of hydrogen-bond donors (Lipinski definition) is 2. The Labute approximate surface area is 120 Å². The van der Waals surface area contributed by atoms with Crippen molar-refractivity contribution in [2.45, 2.75) is 24.5 Å². The molecule has 1 aliphatic rings. The lowest BCUT2D eigenvalue weighted by atomic mass is 9.98. The van der Waals surface area contributed by atoms with Crippen LogP contribution in [0.25, 0.3) is 0 Å². The highest BCUT2D eigenvalue weighted by Crippen LogP contribution is 2.15. The molecule has 0 saturated carbocycles. The number of hydrogen-bond acceptors (Lipinski definition) is 5. The van der Waals surface area contributed by atoms with Gasteiger partial charge in [-0.25, -0.2) is 13.1 Å². The summed E-state index contributed by atoms with van der Waals surface area (Å²) in [7, 11) is 0.0355. The molecule has 2 heterocycles. The smallest absolute Gasteiger partial charge is 0.273 e. The molecular formula is C13H23N3O3S. The molecule has 114 valence electrons. The van der Waals surface area contributed by atoms with Gasteiger partial charge in [0.1, 0.15) is 5.76 Å². The second kappa shape index (κ2) is 6.71. The lowest BCUT2D eigenvalue weighted by molar-refractivity contribution is 0.205. The van der Waals surface area contributed by atoms with Crippen LogP contribution in [0.5, 0.6) is 0 Å². The number of likely N-dealkylation sites (tertiary alicyclic amines) is 1. The third kappa shape index (κ3) is 4.05. The van der Waals surface area contributed by atoms with E-state index >= 15 is 0 Å². The fourth-order valence-corrected chi connectivity index (χ4v) is 3.20. The highest BCUT2D eigenvalue weighted by atomic mass is 32.2. The van der Waals surface area contributed by atoms with Crippen molar-refractivity contribution in [3.8, 4) is 0 Å². The number of furan rings is 1. The summed E-state index contributed by atoms with van der Waals surface area (Å²) in [5.74, 6) is 1.30. The molecule has 1 aromatic heterocycles. The number of nitrogens with zero attached hydrogens (tertiary/aromatic N) is 1. The van der Waals surface area contributed by atoms with Gasteiger partial charge in [-0.2, -0.15) is 0 Å². The third-order valence-corrected chi connectivity index (χ3v) is 4.91. The normalized spacial score (nSPS) is 21.2. The zero-order valence-electron chi connectivity index (χ0n) is 12.1. The first kappa shape index (κ1) is 15.5. The predicted octanol–water partition coefficient (Wildman–Crippen LogP) is 0.619. The van der Waals surface area contributed by atoms with E-state index in [0.29, 0.717) is 18.2 Å². The first-order valence-electron chi connectivity index (χ1n) is 6.93. The Morgan fingerprint density at radius 1 is 1.45 bits per heavy atom. The van der Waals surface area contributed by atoms with Crippen molar-refractivity contribution >= 4 is 10.0 Å². The van der Waals surface area contributed by atoms with Gasteiger partial charge in [-0.05, 0) is 58.1 Å². The maximum atomic E-state index is 11.5. The van der Waals surface area contributed by atoms with Crippen LogP contribution in [0.4, 0.5) is 0 Å². The number of nitrogens with one attached hydrogen (secondary N) is 2. The van der Waals surface area contributed by atoms with Crippen molar-refractivity contribution in [1.82, 2.24) is 14.9 Å². The average Bonchev–Trinajstić information content (AvgIpc) is 2.88. The largest absolute Gasteiger partial charge is 0.447 e. The first-order valence-corrected chi connectivity index (χ1v) is 8.41. The van der Waals surface area contributed by atoms with E-state index < -0.39 is 10.0 Å². The molecule has 1 saturated heterocycles. The zero-order valence-corrected chi connectivity index (χ0v) is 12.9. The van der Waals surface area contributed by atoms with Gasteiger partial charge in [0.25, 0.3) is 10.0 Å². The zero-order chi connectivity index (χ0) is 14.6. The van der Waals surface area contributed by atoms with Crippen molar-refractivity contribution < 1.29 is 12.8 Å². The Bertz CT molecular complexity index is 527. The highest BCUT2D eigenvalue weighted by Gasteiger charge is 2.18. The fraction of sp³-hybridized carbons (Fsp3) is 0.692. The van der Waals surface area contributed by atoms with Crippen molar-refractivity contribution in [2.24, 2.45) is 5.92 Å². The summed E-state index contributed by atoms with van der Waals surface area (Å²) >= 11 is 0. The van der Waals surface area contributed by atoms with E-state index in [1.165, 1.54) is 32.5 Å². The summed E-state index contributed by atoms with van der Waals surface area (Å²) in [5.41, 5.74) is 0. The minimum Gasteiger partial charge on any atom is -0.447 e. The SMILES string of the molecule is CNS(=O)(=O)c1ccc(CNCC2CCCN(C)C2)o1. The topological polar surface area (TPSA) is 74.6 Å². The molecule has 1 aliphatic heterocycles. The molecule has 0 amide bonds. The molecule has 1 atom stereocenters. The molecule has 20 heavy (non-hydrogen) atoms. The predicted molar refractivity (Wildman–Crippen MR) is 76.9 cm³/mol. The summed E-state index contributed by atoms with van der Waals surface area (Å²) in [6.07, 6.45) is 2.49. The molecule has 1 fully saturated rings. The van der Waals surface area contributed by atoms with Crippen LogP contribution >= 0.6 is 0 Å². The Hall–Kier alpha value is -0.890. The summed E-state index contributed by atoms with van der Waals surface area (Å²) < 4.78 is 30.6. The van der Waals surface area contributed by atoms with Gasteiger partial charge in [0.05, 0.1) is 6.54 Å². The van der Waals surface area contributed by atoms with Crippen LogP contribution in [0.2, 0.25) is 0 Å². The fourth-order valence-electron chi connectivity index (χ4n) is 2.54. The average molecular weight is 301 g/mol. The van der Waals surface area contributed by atoms with E-state index in [9.17, 15) is 8.42 Å². The van der Waals surface area contributed by atoms with E-state index in [4.69, 9.17) is 4.42 Å². The minimum absolute atomic E-state index is 0.0331. The van der Waals surface area contributed by atoms with Crippen molar-refractivity contribution in [3.05, 3.63) is 17.9 Å². The van der Waals surface area contributed by atoms with Crippen LogP contribution in [-0.2, 0) is 16.6 Å². The molecule has 1 unspecified atom stereocenters. The van der Waals surface area contributed by atoms with E-state index in [0.717, 1.165) is 13.1 Å². The second-order valence-electron chi connectivity index (χ2n) is 5.33. The van der Waals surface area contributed by atoms with Gasteiger partial charge in [0.2, 0.25) is 5.09 Å². The van der Waals surface area contributed by atoms with Crippen LogP contribution in [0.15, 0.2) is 21.6 Å². The van der Waals surface area contributed by atoms with Crippen LogP contribution in [-0.4, -0.2) is 47.0 Å². The molecule has 6 nitrogen and oxygen atoms in total. The number of rotatable bonds is 6. The summed E-state index contributed by atoms with van der Waals surface area (Å²) in [4.78, 5) is 2.35. The van der Waals surface area contributed by atoms with Gasteiger partial charge < -0.3 is 14.6 Å². The van der Waals surface area contributed by atoms with Gasteiger partial charge in [-0.3, -0.25) is 0 Å². The molecule has 0 aliphatic carbocycles. The highest BCUT2D eigenvalue weighted by molar-refractivity contribution is 7.89. The van der Waals surface area contributed by atoms with Gasteiger partial charge in [-0.15, -0.1) is 0 Å². The standard InChI is InChI=1S/C13H23N3O3S/c1-14-20(17,18)13-6-5-12(19-13)9-15-8-11-4-3-7-16(2)10-11/h5-6,11,14-15H,3-4,7-10H2,1-2H3. The molecule has 0 spiro atoms. The number of sulfonamides is 1.